The Balaban J connectivity index is 1.41. The highest BCUT2D eigenvalue weighted by atomic mass is 15.6. The molecule has 9 heteroatoms. The minimum atomic E-state index is 0.402. The quantitative estimate of drug-likeness (QED) is 0.693. The van der Waals surface area contributed by atoms with Gasteiger partial charge in [-0.2, -0.15) is 0 Å². The highest BCUT2D eigenvalue weighted by Gasteiger charge is 2.28. The largest absolute Gasteiger partial charge is 0.354 e. The molecule has 25 heavy (non-hydrogen) atoms. The lowest BCUT2D eigenvalue weighted by molar-refractivity contribution is 0.462. The molecule has 2 aliphatic heterocycles. The van der Waals surface area contributed by atoms with E-state index in [9.17, 15) is 0 Å². The van der Waals surface area contributed by atoms with Crippen LogP contribution in [0.15, 0.2) is 12.1 Å². The third-order valence-electron chi connectivity index (χ3n) is 5.30. The van der Waals surface area contributed by atoms with Crippen molar-refractivity contribution in [3.05, 3.63) is 23.8 Å². The fourth-order valence-electron chi connectivity index (χ4n) is 4.01. The third-order valence-corrected chi connectivity index (χ3v) is 5.30. The number of anilines is 1. The summed E-state index contributed by atoms with van der Waals surface area (Å²) < 4.78 is 3.86. The molecule has 0 saturated carbocycles. The molecule has 5 rings (SSSR count). The van der Waals surface area contributed by atoms with Crippen LogP contribution in [0.2, 0.25) is 0 Å². The molecule has 0 aliphatic carbocycles. The molecular formula is C16H21N9. The number of hydrogen-bond donors (Lipinski definition) is 0. The van der Waals surface area contributed by atoms with Gasteiger partial charge in [0.2, 0.25) is 0 Å². The van der Waals surface area contributed by atoms with Crippen LogP contribution in [0.1, 0.15) is 49.7 Å². The summed E-state index contributed by atoms with van der Waals surface area (Å²) in [5.74, 6) is 3.64. The lowest BCUT2D eigenvalue weighted by atomic mass is 9.97. The van der Waals surface area contributed by atoms with Crippen LogP contribution in [0, 0.1) is 0 Å². The summed E-state index contributed by atoms with van der Waals surface area (Å²) in [5.41, 5.74) is 0.667. The van der Waals surface area contributed by atoms with Crippen molar-refractivity contribution in [2.75, 3.05) is 18.0 Å². The van der Waals surface area contributed by atoms with Gasteiger partial charge in [-0.1, -0.05) is 6.42 Å². The average molecular weight is 339 g/mol. The maximum atomic E-state index is 4.56. The fraction of sp³-hybridized carbons (Fsp3) is 0.625. The van der Waals surface area contributed by atoms with Gasteiger partial charge in [0, 0.05) is 32.0 Å². The first-order valence-electron chi connectivity index (χ1n) is 9.11. The zero-order valence-electron chi connectivity index (χ0n) is 14.1. The van der Waals surface area contributed by atoms with Crippen LogP contribution < -0.4 is 4.90 Å². The molecule has 0 amide bonds. The molecule has 0 spiro atoms. The molecule has 9 nitrogen and oxygen atoms in total. The molecule has 1 fully saturated rings. The summed E-state index contributed by atoms with van der Waals surface area (Å²) in [7, 11) is 0. The first-order chi connectivity index (χ1) is 12.4. The van der Waals surface area contributed by atoms with Gasteiger partial charge >= 0.3 is 0 Å². The Labute approximate surface area is 145 Å². The number of nitrogens with zero attached hydrogens (tertiary/aromatic N) is 9. The van der Waals surface area contributed by atoms with Crippen molar-refractivity contribution in [3.63, 3.8) is 0 Å². The number of aryl methyl sites for hydroxylation is 1. The second-order valence-corrected chi connectivity index (χ2v) is 6.94. The topological polar surface area (TPSA) is 89.9 Å². The second kappa shape index (κ2) is 6.05. The smallest absolute Gasteiger partial charge is 0.200 e. The first-order valence-corrected chi connectivity index (χ1v) is 9.11. The summed E-state index contributed by atoms with van der Waals surface area (Å²) in [6.07, 6.45) is 7.08. The van der Waals surface area contributed by atoms with Crippen molar-refractivity contribution in [3.8, 4) is 0 Å². The molecule has 0 N–H and O–H groups in total. The Morgan fingerprint density at radius 3 is 2.96 bits per heavy atom. The van der Waals surface area contributed by atoms with Gasteiger partial charge in [0.15, 0.2) is 11.5 Å². The van der Waals surface area contributed by atoms with E-state index in [1.54, 1.807) is 0 Å². The molecule has 0 aromatic carbocycles. The highest BCUT2D eigenvalue weighted by Crippen LogP contribution is 2.29. The van der Waals surface area contributed by atoms with Crippen LogP contribution in [-0.2, 0) is 13.0 Å². The van der Waals surface area contributed by atoms with Crippen molar-refractivity contribution in [2.24, 2.45) is 0 Å². The normalized spacial score (nSPS) is 21.3. The molecule has 1 atom stereocenters. The van der Waals surface area contributed by atoms with Gasteiger partial charge in [-0.05, 0) is 48.2 Å². The SMILES string of the molecule is c1cc2nnnn2nc1N1CCC[C@@H](c2nnc3n2CCCCC3)C1. The molecule has 2 aliphatic rings. The van der Waals surface area contributed by atoms with Gasteiger partial charge in [0.05, 0.1) is 0 Å². The maximum Gasteiger partial charge on any atom is 0.200 e. The predicted molar refractivity (Wildman–Crippen MR) is 90.3 cm³/mol. The Morgan fingerprint density at radius 2 is 1.96 bits per heavy atom. The highest BCUT2D eigenvalue weighted by molar-refractivity contribution is 5.45. The molecule has 130 valence electrons. The zero-order chi connectivity index (χ0) is 16.6. The van der Waals surface area contributed by atoms with Crippen LogP contribution in [0.4, 0.5) is 5.82 Å². The molecule has 5 heterocycles. The lowest BCUT2D eigenvalue weighted by Crippen LogP contribution is -2.36. The van der Waals surface area contributed by atoms with Crippen molar-refractivity contribution in [1.29, 1.82) is 0 Å². The minimum Gasteiger partial charge on any atom is -0.354 e. The van der Waals surface area contributed by atoms with Crippen molar-refractivity contribution in [2.45, 2.75) is 51.0 Å². The summed E-state index contributed by atoms with van der Waals surface area (Å²) in [6, 6.07) is 3.91. The number of rotatable bonds is 2. The van der Waals surface area contributed by atoms with E-state index in [2.05, 4.69) is 40.3 Å². The second-order valence-electron chi connectivity index (χ2n) is 6.94. The molecule has 0 bridgehead atoms. The van der Waals surface area contributed by atoms with Gasteiger partial charge < -0.3 is 9.47 Å². The minimum absolute atomic E-state index is 0.402. The standard InChI is InChI=1S/C16H21N9/c1-2-6-13-17-19-16(24(13)10-3-1)12-5-4-9-23(11-12)15-8-7-14-18-21-22-25(14)20-15/h7-8,12H,1-6,9-11H2/t12-/m1/s1. The van der Waals surface area contributed by atoms with Crippen molar-refractivity contribution in [1.82, 2.24) is 40.0 Å². The van der Waals surface area contributed by atoms with Crippen molar-refractivity contribution < 1.29 is 0 Å². The Hall–Kier alpha value is -2.58. The number of tetrazole rings is 1. The fourth-order valence-corrected chi connectivity index (χ4v) is 4.01. The molecular weight excluding hydrogens is 318 g/mol. The van der Waals surface area contributed by atoms with Gasteiger partial charge in [0.25, 0.3) is 0 Å². The van der Waals surface area contributed by atoms with Crippen LogP contribution in [0.25, 0.3) is 5.65 Å². The summed E-state index contributed by atoms with van der Waals surface area (Å²) >= 11 is 0. The van der Waals surface area contributed by atoms with E-state index in [1.165, 1.54) is 23.9 Å². The van der Waals surface area contributed by atoms with Gasteiger partial charge in [-0.15, -0.1) is 25.0 Å². The maximum absolute atomic E-state index is 4.56. The molecule has 0 radical (unpaired) electrons. The molecule has 3 aromatic rings. The Bertz CT molecular complexity index is 883. The van der Waals surface area contributed by atoms with E-state index in [1.807, 2.05) is 12.1 Å². The molecule has 1 saturated heterocycles. The van der Waals surface area contributed by atoms with Gasteiger partial charge in [-0.3, -0.25) is 0 Å². The third kappa shape index (κ3) is 2.63. The predicted octanol–water partition coefficient (Wildman–Crippen LogP) is 1.22. The molecule has 3 aromatic heterocycles. The van der Waals surface area contributed by atoms with Gasteiger partial charge in [0.1, 0.15) is 11.6 Å². The van der Waals surface area contributed by atoms with E-state index >= 15 is 0 Å². The zero-order valence-corrected chi connectivity index (χ0v) is 14.1. The van der Waals surface area contributed by atoms with E-state index < -0.39 is 0 Å². The number of fused-ring (bicyclic) bond motifs is 2. The summed E-state index contributed by atoms with van der Waals surface area (Å²) in [6.45, 7) is 2.97. The van der Waals surface area contributed by atoms with E-state index in [0.29, 0.717) is 11.6 Å². The van der Waals surface area contributed by atoms with Crippen LogP contribution in [0.3, 0.4) is 0 Å². The van der Waals surface area contributed by atoms with Crippen LogP contribution >= 0.6 is 0 Å². The summed E-state index contributed by atoms with van der Waals surface area (Å²) in [4.78, 5) is 2.31. The van der Waals surface area contributed by atoms with Gasteiger partial charge in [-0.25, -0.2) is 0 Å². The Kier molecular flexibility index (Phi) is 3.57. The van der Waals surface area contributed by atoms with E-state index in [0.717, 1.165) is 56.4 Å². The van der Waals surface area contributed by atoms with E-state index in [4.69, 9.17) is 0 Å². The number of piperidine rings is 1. The van der Waals surface area contributed by atoms with Crippen LogP contribution in [-0.4, -0.2) is 53.1 Å². The van der Waals surface area contributed by atoms with Crippen molar-refractivity contribution >= 4 is 11.5 Å². The number of hydrogen-bond acceptors (Lipinski definition) is 7. The first kappa shape index (κ1) is 14.7. The summed E-state index contributed by atoms with van der Waals surface area (Å²) in [5, 5.41) is 25.1. The monoisotopic (exact) mass is 339 g/mol. The number of aromatic nitrogens is 8. The van der Waals surface area contributed by atoms with Crippen LogP contribution in [0.5, 0.6) is 0 Å². The van der Waals surface area contributed by atoms with E-state index in [-0.39, 0.29) is 0 Å². The molecule has 0 unspecified atom stereocenters. The lowest BCUT2D eigenvalue weighted by Gasteiger charge is -2.33. The Morgan fingerprint density at radius 1 is 0.960 bits per heavy atom. The average Bonchev–Trinajstić information content (AvgIpc) is 3.22.